The molecule has 0 saturated carbocycles. The fourth-order valence-electron chi connectivity index (χ4n) is 1.75. The van der Waals surface area contributed by atoms with E-state index in [-0.39, 0.29) is 0 Å². The van der Waals surface area contributed by atoms with Crippen molar-refractivity contribution < 1.29 is 4.74 Å². The van der Waals surface area contributed by atoms with Gasteiger partial charge in [0.1, 0.15) is 6.61 Å². The van der Waals surface area contributed by atoms with E-state index in [1.807, 2.05) is 19.1 Å². The highest BCUT2D eigenvalue weighted by Gasteiger charge is 2.03. The van der Waals surface area contributed by atoms with Crippen LogP contribution in [0.1, 0.15) is 23.7 Å². The lowest BCUT2D eigenvalue weighted by Crippen LogP contribution is -2.13. The molecule has 0 aliphatic rings. The zero-order valence-electron chi connectivity index (χ0n) is 10.9. The third kappa shape index (κ3) is 3.34. The van der Waals surface area contributed by atoms with Crippen LogP contribution in [0.25, 0.3) is 0 Å². The Labute approximate surface area is 107 Å². The predicted molar refractivity (Wildman–Crippen MR) is 71.5 cm³/mol. The van der Waals surface area contributed by atoms with E-state index in [0.717, 1.165) is 18.8 Å². The first kappa shape index (κ1) is 12.6. The molecule has 0 fully saturated rings. The summed E-state index contributed by atoms with van der Waals surface area (Å²) in [6, 6.07) is 10.2. The van der Waals surface area contributed by atoms with E-state index < -0.39 is 0 Å². The number of hydrogen-bond donors (Lipinski definition) is 2. The molecule has 96 valence electrons. The molecule has 0 saturated heterocycles. The summed E-state index contributed by atoms with van der Waals surface area (Å²) >= 11 is 0. The van der Waals surface area contributed by atoms with Crippen LogP contribution in [0.4, 0.5) is 0 Å². The van der Waals surface area contributed by atoms with Gasteiger partial charge < -0.3 is 10.1 Å². The van der Waals surface area contributed by atoms with Crippen LogP contribution in [-0.4, -0.2) is 16.7 Å². The highest BCUT2D eigenvalue weighted by Crippen LogP contribution is 2.13. The smallest absolute Gasteiger partial charge is 0.233 e. The highest BCUT2D eigenvalue weighted by molar-refractivity contribution is 5.27. The van der Waals surface area contributed by atoms with Crippen LogP contribution in [0.15, 0.2) is 30.3 Å². The number of aromatic nitrogens is 2. The maximum Gasteiger partial charge on any atom is 0.233 e. The molecule has 0 aliphatic carbocycles. The van der Waals surface area contributed by atoms with Crippen LogP contribution in [0.5, 0.6) is 5.88 Å². The molecule has 0 radical (unpaired) electrons. The van der Waals surface area contributed by atoms with E-state index in [1.54, 1.807) is 0 Å². The lowest BCUT2D eigenvalue weighted by molar-refractivity contribution is 0.292. The molecule has 2 rings (SSSR count). The third-order valence-corrected chi connectivity index (χ3v) is 2.74. The second kappa shape index (κ2) is 6.21. The molecule has 4 nitrogen and oxygen atoms in total. The minimum absolute atomic E-state index is 0.547. The Bertz CT molecular complexity index is 493. The predicted octanol–water partition coefficient (Wildman–Crippen LogP) is 2.41. The fourth-order valence-corrected chi connectivity index (χ4v) is 1.75. The van der Waals surface area contributed by atoms with Crippen molar-refractivity contribution in [2.24, 2.45) is 0 Å². The fraction of sp³-hybridized carbons (Fsp3) is 0.357. The molecule has 0 amide bonds. The Kier molecular flexibility index (Phi) is 4.36. The standard InChI is InChI=1S/C14H19N3O/c1-3-15-9-12-6-4-5-7-13(12)10-18-14-8-11(2)16-17-14/h4-8,15H,3,9-10H2,1-2H3,(H,16,17). The van der Waals surface area contributed by atoms with Crippen LogP contribution in [0.3, 0.4) is 0 Å². The van der Waals surface area contributed by atoms with Crippen molar-refractivity contribution in [3.05, 3.63) is 47.2 Å². The van der Waals surface area contributed by atoms with Gasteiger partial charge in [-0.05, 0) is 24.6 Å². The SMILES string of the molecule is CCNCc1ccccc1COc1cc(C)[nH]n1. The maximum absolute atomic E-state index is 5.66. The molecule has 18 heavy (non-hydrogen) atoms. The van der Waals surface area contributed by atoms with Gasteiger partial charge in [-0.15, -0.1) is 5.10 Å². The van der Waals surface area contributed by atoms with Gasteiger partial charge in [-0.1, -0.05) is 31.2 Å². The number of rotatable bonds is 6. The number of H-pyrrole nitrogens is 1. The van der Waals surface area contributed by atoms with Crippen molar-refractivity contribution in [3.63, 3.8) is 0 Å². The summed E-state index contributed by atoms with van der Waals surface area (Å²) in [5, 5.41) is 10.3. The second-order valence-electron chi connectivity index (χ2n) is 4.23. The first-order valence-electron chi connectivity index (χ1n) is 6.22. The van der Waals surface area contributed by atoms with Crippen molar-refractivity contribution in [1.29, 1.82) is 0 Å². The molecule has 1 aromatic carbocycles. The van der Waals surface area contributed by atoms with Crippen molar-refractivity contribution in [1.82, 2.24) is 15.5 Å². The van der Waals surface area contributed by atoms with Gasteiger partial charge in [0.15, 0.2) is 0 Å². The molecule has 0 spiro atoms. The highest BCUT2D eigenvalue weighted by atomic mass is 16.5. The Morgan fingerprint density at radius 3 is 2.72 bits per heavy atom. The van der Waals surface area contributed by atoms with Crippen LogP contribution in [0, 0.1) is 6.92 Å². The zero-order chi connectivity index (χ0) is 12.8. The molecule has 0 atom stereocenters. The number of aryl methyl sites for hydroxylation is 1. The number of hydrogen-bond acceptors (Lipinski definition) is 3. The second-order valence-corrected chi connectivity index (χ2v) is 4.23. The normalized spacial score (nSPS) is 10.6. The quantitative estimate of drug-likeness (QED) is 0.821. The maximum atomic E-state index is 5.66. The van der Waals surface area contributed by atoms with Crippen LogP contribution in [-0.2, 0) is 13.2 Å². The molecule has 1 heterocycles. The van der Waals surface area contributed by atoms with Crippen LogP contribution >= 0.6 is 0 Å². The number of nitrogens with one attached hydrogen (secondary N) is 2. The van der Waals surface area contributed by atoms with Crippen molar-refractivity contribution in [2.75, 3.05) is 6.54 Å². The van der Waals surface area contributed by atoms with E-state index in [9.17, 15) is 0 Å². The zero-order valence-corrected chi connectivity index (χ0v) is 10.9. The molecule has 0 unspecified atom stereocenters. The minimum Gasteiger partial charge on any atom is -0.472 e. The lowest BCUT2D eigenvalue weighted by atomic mass is 10.1. The Morgan fingerprint density at radius 2 is 2.06 bits per heavy atom. The van der Waals surface area contributed by atoms with E-state index in [1.165, 1.54) is 11.1 Å². The summed E-state index contributed by atoms with van der Waals surface area (Å²) in [7, 11) is 0. The van der Waals surface area contributed by atoms with Crippen LogP contribution in [0.2, 0.25) is 0 Å². The average Bonchev–Trinajstić information content (AvgIpc) is 2.81. The topological polar surface area (TPSA) is 49.9 Å². The molecule has 1 aromatic heterocycles. The van der Waals surface area contributed by atoms with Crippen molar-refractivity contribution in [3.8, 4) is 5.88 Å². The summed E-state index contributed by atoms with van der Waals surface area (Å²) in [5.41, 5.74) is 3.47. The molecule has 0 bridgehead atoms. The van der Waals surface area contributed by atoms with Gasteiger partial charge in [0.25, 0.3) is 0 Å². The summed E-state index contributed by atoms with van der Waals surface area (Å²) in [5.74, 6) is 0.644. The Hall–Kier alpha value is -1.81. The summed E-state index contributed by atoms with van der Waals surface area (Å²) in [6.07, 6.45) is 0. The average molecular weight is 245 g/mol. The monoisotopic (exact) mass is 245 g/mol. The van der Waals surface area contributed by atoms with Gasteiger partial charge in [-0.2, -0.15) is 0 Å². The minimum atomic E-state index is 0.547. The number of aromatic amines is 1. The number of nitrogens with zero attached hydrogens (tertiary/aromatic N) is 1. The summed E-state index contributed by atoms with van der Waals surface area (Å²) < 4.78 is 5.66. The van der Waals surface area contributed by atoms with Gasteiger partial charge in [0, 0.05) is 18.3 Å². The molecule has 0 aliphatic heterocycles. The molecule has 2 N–H and O–H groups in total. The Balaban J connectivity index is 1.99. The van der Waals surface area contributed by atoms with Crippen LogP contribution < -0.4 is 10.1 Å². The first-order valence-corrected chi connectivity index (χ1v) is 6.22. The first-order chi connectivity index (χ1) is 8.79. The molecule has 2 aromatic rings. The van der Waals surface area contributed by atoms with Gasteiger partial charge in [-0.3, -0.25) is 5.10 Å². The summed E-state index contributed by atoms with van der Waals surface area (Å²) in [4.78, 5) is 0. The third-order valence-electron chi connectivity index (χ3n) is 2.74. The van der Waals surface area contributed by atoms with Gasteiger partial charge in [0.05, 0.1) is 0 Å². The molecular weight excluding hydrogens is 226 g/mol. The van der Waals surface area contributed by atoms with Gasteiger partial charge in [-0.25, -0.2) is 0 Å². The number of benzene rings is 1. The molecular formula is C14H19N3O. The van der Waals surface area contributed by atoms with Gasteiger partial charge in [0.2, 0.25) is 5.88 Å². The van der Waals surface area contributed by atoms with E-state index in [4.69, 9.17) is 4.74 Å². The molecule has 4 heteroatoms. The van der Waals surface area contributed by atoms with Crippen molar-refractivity contribution >= 4 is 0 Å². The van der Waals surface area contributed by atoms with Crippen molar-refractivity contribution in [2.45, 2.75) is 27.0 Å². The number of ether oxygens (including phenoxy) is 1. The largest absolute Gasteiger partial charge is 0.472 e. The van der Waals surface area contributed by atoms with E-state index >= 15 is 0 Å². The Morgan fingerprint density at radius 1 is 1.28 bits per heavy atom. The summed E-state index contributed by atoms with van der Waals surface area (Å²) in [6.45, 7) is 6.44. The van der Waals surface area contributed by atoms with Gasteiger partial charge >= 0.3 is 0 Å². The van der Waals surface area contributed by atoms with E-state index in [2.05, 4.69) is 40.6 Å². The van der Waals surface area contributed by atoms with E-state index in [0.29, 0.717) is 12.5 Å². The lowest BCUT2D eigenvalue weighted by Gasteiger charge is -2.09.